The molecule has 4 aromatic rings. The third-order valence-corrected chi connectivity index (χ3v) is 7.15. The van der Waals surface area contributed by atoms with Gasteiger partial charge in [0.1, 0.15) is 6.04 Å². The van der Waals surface area contributed by atoms with Crippen molar-refractivity contribution in [2.45, 2.75) is 32.5 Å². The van der Waals surface area contributed by atoms with Crippen molar-refractivity contribution in [2.75, 3.05) is 16.9 Å². The number of hydrogen-bond donors (Lipinski definition) is 2. The molecule has 4 rings (SSSR count). The fraction of sp³-hybridized carbons (Fsp3) is 0.226. The summed E-state index contributed by atoms with van der Waals surface area (Å²) in [5.74, 6) is -0.788. The minimum Gasteiger partial charge on any atom is -0.480 e. The van der Waals surface area contributed by atoms with Gasteiger partial charge in [0.25, 0.3) is 5.91 Å². The van der Waals surface area contributed by atoms with Crippen LogP contribution in [-0.4, -0.2) is 45.2 Å². The molecular formula is C31H32N4O3S. The Kier molecular flexibility index (Phi) is 9.69. The average Bonchev–Trinajstić information content (AvgIpc) is 2.96. The third-order valence-electron chi connectivity index (χ3n) is 6.50. The SMILES string of the molecule is CSCC[C@H](NC(=O)c1ccc(CN(Cc2ccccc2)c2ccnnc2)cc1-c1ccccc1C)C(=O)O. The zero-order valence-corrected chi connectivity index (χ0v) is 22.9. The van der Waals surface area contributed by atoms with E-state index >= 15 is 0 Å². The van der Waals surface area contributed by atoms with Crippen LogP contribution in [0.15, 0.2) is 91.3 Å². The molecule has 0 bridgehead atoms. The Morgan fingerprint density at radius 2 is 1.67 bits per heavy atom. The first-order chi connectivity index (χ1) is 19.0. The van der Waals surface area contributed by atoms with E-state index in [1.54, 1.807) is 30.2 Å². The molecule has 0 radical (unpaired) electrons. The van der Waals surface area contributed by atoms with Gasteiger partial charge in [-0.2, -0.15) is 22.0 Å². The number of aromatic nitrogens is 2. The summed E-state index contributed by atoms with van der Waals surface area (Å²) in [7, 11) is 0. The molecule has 0 aliphatic heterocycles. The van der Waals surface area contributed by atoms with E-state index in [1.165, 1.54) is 0 Å². The Balaban J connectivity index is 1.70. The largest absolute Gasteiger partial charge is 0.480 e. The first kappa shape index (κ1) is 27.9. The van der Waals surface area contributed by atoms with Gasteiger partial charge in [0.2, 0.25) is 0 Å². The molecule has 7 nitrogen and oxygen atoms in total. The number of carboxylic acids is 1. The molecular weight excluding hydrogens is 508 g/mol. The number of carbonyl (C=O) groups is 2. The summed E-state index contributed by atoms with van der Waals surface area (Å²) >= 11 is 1.55. The molecule has 0 spiro atoms. The maximum atomic E-state index is 13.4. The van der Waals surface area contributed by atoms with Crippen LogP contribution in [0.25, 0.3) is 11.1 Å². The van der Waals surface area contributed by atoms with E-state index in [2.05, 4.69) is 32.5 Å². The first-order valence-electron chi connectivity index (χ1n) is 12.7. The second kappa shape index (κ2) is 13.6. The zero-order valence-electron chi connectivity index (χ0n) is 22.1. The lowest BCUT2D eigenvalue weighted by molar-refractivity contribution is -0.139. The van der Waals surface area contributed by atoms with Crippen LogP contribution < -0.4 is 10.2 Å². The highest BCUT2D eigenvalue weighted by molar-refractivity contribution is 7.98. The molecule has 1 heterocycles. The van der Waals surface area contributed by atoms with E-state index < -0.39 is 17.9 Å². The van der Waals surface area contributed by atoms with Crippen molar-refractivity contribution >= 4 is 29.3 Å². The molecule has 3 aromatic carbocycles. The van der Waals surface area contributed by atoms with E-state index in [0.29, 0.717) is 30.8 Å². The monoisotopic (exact) mass is 540 g/mol. The number of benzene rings is 3. The lowest BCUT2D eigenvalue weighted by atomic mass is 9.93. The van der Waals surface area contributed by atoms with Crippen molar-refractivity contribution < 1.29 is 14.7 Å². The highest BCUT2D eigenvalue weighted by Crippen LogP contribution is 2.30. The Bertz CT molecular complexity index is 1400. The summed E-state index contributed by atoms with van der Waals surface area (Å²) in [6.07, 6.45) is 5.69. The third kappa shape index (κ3) is 7.45. The number of hydrogen-bond acceptors (Lipinski definition) is 6. The van der Waals surface area contributed by atoms with Gasteiger partial charge in [-0.15, -0.1) is 0 Å². The molecule has 1 amide bonds. The molecule has 39 heavy (non-hydrogen) atoms. The van der Waals surface area contributed by atoms with E-state index in [9.17, 15) is 14.7 Å². The van der Waals surface area contributed by atoms with Gasteiger partial charge in [0.15, 0.2) is 0 Å². The van der Waals surface area contributed by atoms with Crippen LogP contribution in [0, 0.1) is 6.92 Å². The number of anilines is 1. The van der Waals surface area contributed by atoms with Crippen molar-refractivity contribution in [3.63, 3.8) is 0 Å². The van der Waals surface area contributed by atoms with Crippen LogP contribution in [0.5, 0.6) is 0 Å². The number of amides is 1. The van der Waals surface area contributed by atoms with Crippen LogP contribution in [0.2, 0.25) is 0 Å². The number of aryl methyl sites for hydroxylation is 1. The highest BCUT2D eigenvalue weighted by Gasteiger charge is 2.23. The number of thioether (sulfide) groups is 1. The number of carbonyl (C=O) groups excluding carboxylic acids is 1. The van der Waals surface area contributed by atoms with Gasteiger partial charge < -0.3 is 15.3 Å². The molecule has 2 N–H and O–H groups in total. The lowest BCUT2D eigenvalue weighted by Crippen LogP contribution is -2.41. The number of aliphatic carboxylic acids is 1. The fourth-order valence-electron chi connectivity index (χ4n) is 4.45. The standard InChI is InChI=1S/C31H32N4O3S/c1-22-8-6-7-11-26(22)28-18-24(12-13-27(28)30(36)34-29(31(37)38)15-17-39-2)21-35(25-14-16-32-33-19-25)20-23-9-4-3-5-10-23/h3-14,16,18-19,29H,15,17,20-21H2,1-2H3,(H,34,36)(H,37,38)/t29-/m0/s1. The van der Waals surface area contributed by atoms with E-state index in [1.807, 2.05) is 73.8 Å². The normalized spacial score (nSPS) is 11.5. The van der Waals surface area contributed by atoms with Crippen LogP contribution in [-0.2, 0) is 17.9 Å². The lowest BCUT2D eigenvalue weighted by Gasteiger charge is -2.25. The van der Waals surface area contributed by atoms with Crippen molar-refractivity contribution in [1.29, 1.82) is 0 Å². The molecule has 8 heteroatoms. The first-order valence-corrected chi connectivity index (χ1v) is 14.1. The summed E-state index contributed by atoms with van der Waals surface area (Å²) in [6.45, 7) is 3.25. The summed E-state index contributed by atoms with van der Waals surface area (Å²) in [4.78, 5) is 27.4. The Morgan fingerprint density at radius 1 is 0.923 bits per heavy atom. The molecule has 1 aromatic heterocycles. The highest BCUT2D eigenvalue weighted by atomic mass is 32.2. The van der Waals surface area contributed by atoms with Crippen molar-refractivity contribution in [2.24, 2.45) is 0 Å². The van der Waals surface area contributed by atoms with Crippen LogP contribution in [0.4, 0.5) is 5.69 Å². The van der Waals surface area contributed by atoms with Crippen molar-refractivity contribution in [1.82, 2.24) is 15.5 Å². The van der Waals surface area contributed by atoms with E-state index in [4.69, 9.17) is 0 Å². The Hall–Kier alpha value is -4.17. The summed E-state index contributed by atoms with van der Waals surface area (Å²) in [5.41, 5.74) is 6.28. The van der Waals surface area contributed by atoms with Gasteiger partial charge in [-0.1, -0.05) is 60.7 Å². The van der Waals surface area contributed by atoms with Crippen molar-refractivity contribution in [3.8, 4) is 11.1 Å². The number of carboxylic acid groups (broad SMARTS) is 1. The second-order valence-electron chi connectivity index (χ2n) is 9.28. The van der Waals surface area contributed by atoms with Crippen LogP contribution >= 0.6 is 11.8 Å². The zero-order chi connectivity index (χ0) is 27.6. The van der Waals surface area contributed by atoms with Gasteiger partial charge in [-0.25, -0.2) is 4.79 Å². The summed E-state index contributed by atoms with van der Waals surface area (Å²) < 4.78 is 0. The maximum absolute atomic E-state index is 13.4. The topological polar surface area (TPSA) is 95.4 Å². The smallest absolute Gasteiger partial charge is 0.326 e. The minimum absolute atomic E-state index is 0.356. The Labute approximate surface area is 233 Å². The van der Waals surface area contributed by atoms with Gasteiger partial charge >= 0.3 is 5.97 Å². The number of nitrogens with one attached hydrogen (secondary N) is 1. The molecule has 1 atom stereocenters. The number of rotatable bonds is 12. The molecule has 0 saturated heterocycles. The fourth-order valence-corrected chi connectivity index (χ4v) is 4.92. The number of nitrogens with zero attached hydrogens (tertiary/aromatic N) is 3. The molecule has 0 unspecified atom stereocenters. The second-order valence-corrected chi connectivity index (χ2v) is 10.3. The van der Waals surface area contributed by atoms with Gasteiger partial charge in [-0.05, 0) is 71.4 Å². The quantitative estimate of drug-likeness (QED) is 0.242. The summed E-state index contributed by atoms with van der Waals surface area (Å²) in [5, 5.41) is 20.4. The predicted octanol–water partition coefficient (Wildman–Crippen LogP) is 5.59. The maximum Gasteiger partial charge on any atom is 0.326 e. The predicted molar refractivity (Wildman–Crippen MR) is 157 cm³/mol. The minimum atomic E-state index is -1.03. The molecule has 0 fully saturated rings. The molecule has 0 aliphatic carbocycles. The average molecular weight is 541 g/mol. The van der Waals surface area contributed by atoms with E-state index in [0.717, 1.165) is 33.5 Å². The van der Waals surface area contributed by atoms with Crippen molar-refractivity contribution in [3.05, 3.63) is 114 Å². The van der Waals surface area contributed by atoms with Gasteiger partial charge in [-0.3, -0.25) is 4.79 Å². The van der Waals surface area contributed by atoms with E-state index in [-0.39, 0.29) is 0 Å². The summed E-state index contributed by atoms with van der Waals surface area (Å²) in [6, 6.07) is 24.8. The molecule has 0 saturated carbocycles. The van der Waals surface area contributed by atoms with Gasteiger partial charge in [0, 0.05) is 18.7 Å². The molecule has 200 valence electrons. The Morgan fingerprint density at radius 3 is 2.36 bits per heavy atom. The van der Waals surface area contributed by atoms with Crippen LogP contribution in [0.3, 0.4) is 0 Å². The van der Waals surface area contributed by atoms with Crippen LogP contribution in [0.1, 0.15) is 33.5 Å². The molecule has 0 aliphatic rings. The van der Waals surface area contributed by atoms with Gasteiger partial charge in [0.05, 0.1) is 18.1 Å².